The zero-order chi connectivity index (χ0) is 12.4. The van der Waals surface area contributed by atoms with Crippen LogP contribution in [-0.4, -0.2) is 18.9 Å². The Morgan fingerprint density at radius 1 is 1.53 bits per heavy atom. The van der Waals surface area contributed by atoms with Crippen LogP contribution in [-0.2, 0) is 6.42 Å². The van der Waals surface area contributed by atoms with Crippen LogP contribution in [0.2, 0.25) is 0 Å². The zero-order valence-electron chi connectivity index (χ0n) is 10.0. The van der Waals surface area contributed by atoms with E-state index in [1.807, 2.05) is 18.2 Å². The van der Waals surface area contributed by atoms with Crippen molar-refractivity contribution in [1.29, 1.82) is 0 Å². The fourth-order valence-corrected chi connectivity index (χ4v) is 2.41. The molecule has 0 aliphatic carbocycles. The molecule has 0 atom stereocenters. The van der Waals surface area contributed by atoms with Crippen LogP contribution in [0.1, 0.15) is 29.3 Å². The third-order valence-corrected chi connectivity index (χ3v) is 3.18. The minimum absolute atomic E-state index is 0.117. The molecule has 0 saturated heterocycles. The number of nitrogens with zero attached hydrogens (tertiary/aromatic N) is 1. The number of Topliss-reactive ketones (excluding diaryl/α,β-unsaturated/α-hetero) is 1. The van der Waals surface area contributed by atoms with E-state index in [-0.39, 0.29) is 5.78 Å². The molecule has 0 spiro atoms. The van der Waals surface area contributed by atoms with E-state index in [4.69, 9.17) is 11.6 Å². The summed E-state index contributed by atoms with van der Waals surface area (Å²) in [5.41, 5.74) is 3.21. The highest BCUT2D eigenvalue weighted by Gasteiger charge is 2.17. The molecule has 0 amide bonds. The highest BCUT2D eigenvalue weighted by Crippen LogP contribution is 2.28. The summed E-state index contributed by atoms with van der Waals surface area (Å²) in [5, 5.41) is 0.647. The van der Waals surface area contributed by atoms with E-state index in [1.165, 1.54) is 11.3 Å². The lowest BCUT2D eigenvalue weighted by molar-refractivity contribution is 0.101. The Morgan fingerprint density at radius 3 is 2.94 bits per heavy atom. The monoisotopic (exact) mass is 249 g/mol. The number of halogens is 1. The Bertz CT molecular complexity index is 467. The largest absolute Gasteiger partial charge is 0.366 e. The average molecular weight is 250 g/mol. The van der Waals surface area contributed by atoms with E-state index in [0.29, 0.717) is 11.6 Å². The second kappa shape index (κ2) is 4.92. The van der Waals surface area contributed by atoms with Crippen molar-refractivity contribution in [3.8, 4) is 0 Å². The SMILES string of the molecule is C=C(Cl)CN1CCCc2cc(C(C)=O)ccc21. The summed E-state index contributed by atoms with van der Waals surface area (Å²) < 4.78 is 0. The molecule has 0 fully saturated rings. The molecule has 0 saturated carbocycles. The summed E-state index contributed by atoms with van der Waals surface area (Å²) in [6, 6.07) is 5.91. The number of benzene rings is 1. The van der Waals surface area contributed by atoms with Crippen molar-refractivity contribution in [3.05, 3.63) is 40.9 Å². The molecule has 1 heterocycles. The predicted octanol–water partition coefficient (Wildman–Crippen LogP) is 3.39. The Kier molecular flexibility index (Phi) is 3.53. The Hall–Kier alpha value is -1.28. The van der Waals surface area contributed by atoms with Gasteiger partial charge >= 0.3 is 0 Å². The summed E-state index contributed by atoms with van der Waals surface area (Å²) in [7, 11) is 0. The molecule has 0 unspecified atom stereocenters. The number of carbonyl (C=O) groups excluding carboxylic acids is 1. The summed E-state index contributed by atoms with van der Waals surface area (Å²) in [6.45, 7) is 7.01. The molecule has 1 aliphatic rings. The fraction of sp³-hybridized carbons (Fsp3) is 0.357. The van der Waals surface area contributed by atoms with Gasteiger partial charge in [0, 0.05) is 22.8 Å². The van der Waals surface area contributed by atoms with E-state index in [1.54, 1.807) is 6.92 Å². The first-order valence-electron chi connectivity index (χ1n) is 5.80. The number of carbonyl (C=O) groups is 1. The van der Waals surface area contributed by atoms with Gasteiger partial charge in [-0.1, -0.05) is 18.2 Å². The fourth-order valence-electron chi connectivity index (χ4n) is 2.27. The average Bonchev–Trinajstić information content (AvgIpc) is 2.28. The third kappa shape index (κ3) is 2.70. The second-order valence-corrected chi connectivity index (χ2v) is 4.98. The predicted molar refractivity (Wildman–Crippen MR) is 72.0 cm³/mol. The van der Waals surface area contributed by atoms with Crippen LogP contribution in [0, 0.1) is 0 Å². The standard InChI is InChI=1S/C14H16ClNO/c1-10(15)9-16-7-3-4-13-8-12(11(2)17)5-6-14(13)16/h5-6,8H,1,3-4,7,9H2,2H3. The van der Waals surface area contributed by atoms with Crippen LogP contribution in [0.3, 0.4) is 0 Å². The van der Waals surface area contributed by atoms with Crippen LogP contribution in [0.5, 0.6) is 0 Å². The smallest absolute Gasteiger partial charge is 0.159 e. The van der Waals surface area contributed by atoms with Crippen LogP contribution < -0.4 is 4.90 Å². The quantitative estimate of drug-likeness (QED) is 0.766. The van der Waals surface area contributed by atoms with Gasteiger partial charge in [-0.25, -0.2) is 0 Å². The lowest BCUT2D eigenvalue weighted by Crippen LogP contribution is -2.30. The molecule has 2 rings (SSSR count). The van der Waals surface area contributed by atoms with Gasteiger partial charge in [0.1, 0.15) is 0 Å². The molecule has 1 aromatic carbocycles. The number of anilines is 1. The Morgan fingerprint density at radius 2 is 2.29 bits per heavy atom. The van der Waals surface area contributed by atoms with Crippen LogP contribution in [0.4, 0.5) is 5.69 Å². The molecule has 90 valence electrons. The third-order valence-electron chi connectivity index (χ3n) is 3.06. The van der Waals surface area contributed by atoms with Gasteiger partial charge in [0.25, 0.3) is 0 Å². The number of hydrogen-bond acceptors (Lipinski definition) is 2. The summed E-state index contributed by atoms with van der Waals surface area (Å²) >= 11 is 5.87. The molecule has 0 radical (unpaired) electrons. The molecular formula is C14H16ClNO. The summed E-state index contributed by atoms with van der Waals surface area (Å²) in [4.78, 5) is 13.6. The normalized spacial score (nSPS) is 14.4. The summed E-state index contributed by atoms with van der Waals surface area (Å²) in [6.07, 6.45) is 2.13. The first-order chi connectivity index (χ1) is 8.08. The number of rotatable bonds is 3. The lowest BCUT2D eigenvalue weighted by Gasteiger charge is -2.31. The first-order valence-corrected chi connectivity index (χ1v) is 6.18. The van der Waals surface area contributed by atoms with Gasteiger partial charge in [0.05, 0.1) is 6.54 Å². The highest BCUT2D eigenvalue weighted by molar-refractivity contribution is 6.29. The van der Waals surface area contributed by atoms with E-state index in [9.17, 15) is 4.79 Å². The van der Waals surface area contributed by atoms with Gasteiger partial charge in [-0.05, 0) is 43.5 Å². The van der Waals surface area contributed by atoms with Crippen LogP contribution in [0.25, 0.3) is 0 Å². The van der Waals surface area contributed by atoms with Gasteiger partial charge in [0.2, 0.25) is 0 Å². The van der Waals surface area contributed by atoms with Crippen molar-refractivity contribution in [2.45, 2.75) is 19.8 Å². The maximum atomic E-state index is 11.3. The highest BCUT2D eigenvalue weighted by atomic mass is 35.5. The minimum atomic E-state index is 0.117. The molecule has 17 heavy (non-hydrogen) atoms. The maximum absolute atomic E-state index is 11.3. The van der Waals surface area contributed by atoms with Crippen molar-refractivity contribution >= 4 is 23.1 Å². The minimum Gasteiger partial charge on any atom is -0.366 e. The van der Waals surface area contributed by atoms with Gasteiger partial charge in [-0.15, -0.1) is 0 Å². The van der Waals surface area contributed by atoms with E-state index >= 15 is 0 Å². The first kappa shape index (κ1) is 12.2. The molecule has 3 heteroatoms. The van der Waals surface area contributed by atoms with Crippen molar-refractivity contribution in [2.75, 3.05) is 18.0 Å². The number of fused-ring (bicyclic) bond motifs is 1. The topological polar surface area (TPSA) is 20.3 Å². The van der Waals surface area contributed by atoms with Gasteiger partial charge in [-0.3, -0.25) is 4.79 Å². The molecule has 2 nitrogen and oxygen atoms in total. The van der Waals surface area contributed by atoms with Crippen LogP contribution in [0.15, 0.2) is 29.8 Å². The van der Waals surface area contributed by atoms with Gasteiger partial charge < -0.3 is 4.90 Å². The lowest BCUT2D eigenvalue weighted by atomic mass is 9.98. The summed E-state index contributed by atoms with van der Waals surface area (Å²) in [5.74, 6) is 0.117. The Balaban J connectivity index is 2.33. The van der Waals surface area contributed by atoms with E-state index in [2.05, 4.69) is 11.5 Å². The Labute approximate surface area is 107 Å². The molecule has 1 aromatic rings. The number of aryl methyl sites for hydroxylation is 1. The second-order valence-electron chi connectivity index (χ2n) is 4.44. The van der Waals surface area contributed by atoms with Crippen molar-refractivity contribution in [3.63, 3.8) is 0 Å². The van der Waals surface area contributed by atoms with Gasteiger partial charge in [0.15, 0.2) is 5.78 Å². The van der Waals surface area contributed by atoms with E-state index in [0.717, 1.165) is 24.9 Å². The molecule has 1 aliphatic heterocycles. The van der Waals surface area contributed by atoms with Crippen molar-refractivity contribution < 1.29 is 4.79 Å². The molecule has 0 N–H and O–H groups in total. The number of ketones is 1. The van der Waals surface area contributed by atoms with Crippen LogP contribution >= 0.6 is 11.6 Å². The maximum Gasteiger partial charge on any atom is 0.159 e. The molecule has 0 bridgehead atoms. The van der Waals surface area contributed by atoms with Gasteiger partial charge in [-0.2, -0.15) is 0 Å². The zero-order valence-corrected chi connectivity index (χ0v) is 10.8. The number of hydrogen-bond donors (Lipinski definition) is 0. The van der Waals surface area contributed by atoms with Crippen molar-refractivity contribution in [1.82, 2.24) is 0 Å². The molecule has 0 aromatic heterocycles. The van der Waals surface area contributed by atoms with Crippen molar-refractivity contribution in [2.24, 2.45) is 0 Å². The van der Waals surface area contributed by atoms with E-state index < -0.39 is 0 Å². The molecular weight excluding hydrogens is 234 g/mol.